The van der Waals surface area contributed by atoms with Crippen molar-refractivity contribution >= 4 is 23.2 Å². The highest BCUT2D eigenvalue weighted by molar-refractivity contribution is 6.30. The molecular formula is C16H17ClN2O. The molecule has 104 valence electrons. The second-order valence-corrected chi connectivity index (χ2v) is 5.01. The Kier molecular flexibility index (Phi) is 4.64. The van der Waals surface area contributed by atoms with E-state index in [0.29, 0.717) is 10.6 Å². The predicted octanol–water partition coefficient (Wildman–Crippen LogP) is 3.87. The topological polar surface area (TPSA) is 41.1 Å². The molecule has 2 aromatic rings. The molecule has 4 heteroatoms. The van der Waals surface area contributed by atoms with Gasteiger partial charge < -0.3 is 10.6 Å². The first kappa shape index (κ1) is 14.4. The van der Waals surface area contributed by atoms with Crippen LogP contribution < -0.4 is 10.6 Å². The summed E-state index contributed by atoms with van der Waals surface area (Å²) in [5.41, 5.74) is 2.65. The van der Waals surface area contributed by atoms with Gasteiger partial charge in [-0.15, -0.1) is 0 Å². The van der Waals surface area contributed by atoms with E-state index in [4.69, 9.17) is 11.6 Å². The smallest absolute Gasteiger partial charge is 0.251 e. The Balaban J connectivity index is 2.04. The van der Waals surface area contributed by atoms with Gasteiger partial charge in [0.2, 0.25) is 0 Å². The van der Waals surface area contributed by atoms with E-state index in [1.165, 1.54) is 0 Å². The Morgan fingerprint density at radius 1 is 1.05 bits per heavy atom. The van der Waals surface area contributed by atoms with Gasteiger partial charge in [0.05, 0.1) is 6.04 Å². The Bertz CT molecular complexity index is 578. The molecule has 0 aliphatic rings. The van der Waals surface area contributed by atoms with Crippen LogP contribution >= 0.6 is 11.6 Å². The first-order valence-electron chi connectivity index (χ1n) is 6.44. The molecule has 1 amide bonds. The van der Waals surface area contributed by atoms with Gasteiger partial charge in [0.25, 0.3) is 5.91 Å². The van der Waals surface area contributed by atoms with E-state index in [1.54, 1.807) is 12.1 Å². The zero-order valence-corrected chi connectivity index (χ0v) is 12.2. The van der Waals surface area contributed by atoms with Crippen LogP contribution in [0.5, 0.6) is 0 Å². The summed E-state index contributed by atoms with van der Waals surface area (Å²) >= 11 is 5.85. The lowest BCUT2D eigenvalue weighted by Crippen LogP contribution is -2.26. The van der Waals surface area contributed by atoms with Gasteiger partial charge in [-0.1, -0.05) is 23.7 Å². The van der Waals surface area contributed by atoms with E-state index in [0.717, 1.165) is 11.3 Å². The first-order chi connectivity index (χ1) is 9.60. The monoisotopic (exact) mass is 288 g/mol. The molecule has 2 rings (SSSR count). The van der Waals surface area contributed by atoms with Gasteiger partial charge in [-0.25, -0.2) is 0 Å². The molecule has 0 spiro atoms. The highest BCUT2D eigenvalue weighted by Gasteiger charge is 2.11. The van der Waals surface area contributed by atoms with Crippen molar-refractivity contribution in [3.8, 4) is 0 Å². The Morgan fingerprint density at radius 2 is 1.65 bits per heavy atom. The van der Waals surface area contributed by atoms with Crippen LogP contribution in [-0.4, -0.2) is 13.0 Å². The lowest BCUT2D eigenvalue weighted by atomic mass is 10.1. The fourth-order valence-electron chi connectivity index (χ4n) is 1.90. The zero-order valence-electron chi connectivity index (χ0n) is 11.5. The maximum atomic E-state index is 12.1. The summed E-state index contributed by atoms with van der Waals surface area (Å²) in [6.07, 6.45) is 0. The number of nitrogens with one attached hydrogen (secondary N) is 2. The fraction of sp³-hybridized carbons (Fsp3) is 0.188. The summed E-state index contributed by atoms with van der Waals surface area (Å²) in [6.45, 7) is 1.95. The van der Waals surface area contributed by atoms with Crippen LogP contribution in [0, 0.1) is 0 Å². The molecule has 2 N–H and O–H groups in total. The number of carbonyl (C=O) groups is 1. The Hall–Kier alpha value is -2.00. The molecular weight excluding hydrogens is 272 g/mol. The van der Waals surface area contributed by atoms with Crippen LogP contribution in [0.3, 0.4) is 0 Å². The Labute approximate surface area is 124 Å². The van der Waals surface area contributed by atoms with Crippen LogP contribution in [0.15, 0.2) is 48.5 Å². The normalized spacial score (nSPS) is 11.8. The van der Waals surface area contributed by atoms with Gasteiger partial charge in [-0.3, -0.25) is 4.79 Å². The van der Waals surface area contributed by atoms with Crippen LogP contribution in [-0.2, 0) is 0 Å². The molecule has 0 fully saturated rings. The van der Waals surface area contributed by atoms with E-state index in [-0.39, 0.29) is 11.9 Å². The molecule has 1 atom stereocenters. The van der Waals surface area contributed by atoms with E-state index in [1.807, 2.05) is 50.4 Å². The number of amides is 1. The summed E-state index contributed by atoms with van der Waals surface area (Å²) in [5, 5.41) is 6.68. The fourth-order valence-corrected chi connectivity index (χ4v) is 2.03. The van der Waals surface area contributed by atoms with Crippen molar-refractivity contribution < 1.29 is 4.79 Å². The van der Waals surface area contributed by atoms with Crippen molar-refractivity contribution in [2.75, 3.05) is 12.4 Å². The van der Waals surface area contributed by atoms with Gasteiger partial charge in [0.1, 0.15) is 0 Å². The van der Waals surface area contributed by atoms with Crippen molar-refractivity contribution in [1.82, 2.24) is 5.32 Å². The van der Waals surface area contributed by atoms with Crippen molar-refractivity contribution in [1.29, 1.82) is 0 Å². The Morgan fingerprint density at radius 3 is 2.20 bits per heavy atom. The number of carbonyl (C=O) groups excluding carboxylic acids is 1. The van der Waals surface area contributed by atoms with Crippen molar-refractivity contribution in [3.63, 3.8) is 0 Å². The molecule has 0 heterocycles. The van der Waals surface area contributed by atoms with Crippen molar-refractivity contribution in [2.24, 2.45) is 0 Å². The minimum Gasteiger partial charge on any atom is -0.388 e. The van der Waals surface area contributed by atoms with E-state index in [2.05, 4.69) is 10.6 Å². The lowest BCUT2D eigenvalue weighted by Gasteiger charge is -2.14. The molecule has 0 bridgehead atoms. The summed E-state index contributed by atoms with van der Waals surface area (Å²) in [5.74, 6) is -0.0879. The number of benzene rings is 2. The first-order valence-corrected chi connectivity index (χ1v) is 6.82. The highest BCUT2D eigenvalue weighted by Crippen LogP contribution is 2.17. The predicted molar refractivity (Wildman–Crippen MR) is 83.3 cm³/mol. The maximum Gasteiger partial charge on any atom is 0.251 e. The van der Waals surface area contributed by atoms with Crippen LogP contribution in [0.1, 0.15) is 28.9 Å². The van der Waals surface area contributed by atoms with Crippen LogP contribution in [0.25, 0.3) is 0 Å². The molecule has 0 saturated carbocycles. The molecule has 0 aliphatic heterocycles. The molecule has 0 radical (unpaired) electrons. The highest BCUT2D eigenvalue weighted by atomic mass is 35.5. The molecule has 2 aromatic carbocycles. The largest absolute Gasteiger partial charge is 0.388 e. The van der Waals surface area contributed by atoms with Gasteiger partial charge in [0.15, 0.2) is 0 Å². The standard InChI is InChI=1S/C16H17ClN2O/c1-11(12-3-7-14(17)8-4-12)19-16(20)13-5-9-15(18-2)10-6-13/h3-11,18H,1-2H3,(H,19,20). The second kappa shape index (κ2) is 6.44. The third kappa shape index (κ3) is 3.52. The van der Waals surface area contributed by atoms with Gasteiger partial charge >= 0.3 is 0 Å². The van der Waals surface area contributed by atoms with Gasteiger partial charge in [-0.05, 0) is 48.9 Å². The molecule has 1 unspecified atom stereocenters. The SMILES string of the molecule is CNc1ccc(C(=O)NC(C)c2ccc(Cl)cc2)cc1. The molecule has 0 saturated heterocycles. The molecule has 20 heavy (non-hydrogen) atoms. The number of hydrogen-bond donors (Lipinski definition) is 2. The average Bonchev–Trinajstić information content (AvgIpc) is 2.48. The van der Waals surface area contributed by atoms with Gasteiger partial charge in [0, 0.05) is 23.3 Å². The number of rotatable bonds is 4. The van der Waals surface area contributed by atoms with Gasteiger partial charge in [-0.2, -0.15) is 0 Å². The van der Waals surface area contributed by atoms with E-state index < -0.39 is 0 Å². The second-order valence-electron chi connectivity index (χ2n) is 4.57. The summed E-state index contributed by atoms with van der Waals surface area (Å²) in [6, 6.07) is 14.8. The third-order valence-electron chi connectivity index (χ3n) is 3.15. The third-order valence-corrected chi connectivity index (χ3v) is 3.41. The summed E-state index contributed by atoms with van der Waals surface area (Å²) < 4.78 is 0. The van der Waals surface area contributed by atoms with Crippen molar-refractivity contribution in [3.05, 3.63) is 64.7 Å². The lowest BCUT2D eigenvalue weighted by molar-refractivity contribution is 0.0940. The van der Waals surface area contributed by atoms with Crippen LogP contribution in [0.4, 0.5) is 5.69 Å². The molecule has 3 nitrogen and oxygen atoms in total. The maximum absolute atomic E-state index is 12.1. The van der Waals surface area contributed by atoms with E-state index >= 15 is 0 Å². The zero-order chi connectivity index (χ0) is 14.5. The average molecular weight is 289 g/mol. The molecule has 0 aromatic heterocycles. The number of hydrogen-bond acceptors (Lipinski definition) is 2. The minimum atomic E-state index is -0.0879. The number of halogens is 1. The summed E-state index contributed by atoms with van der Waals surface area (Å²) in [7, 11) is 1.84. The van der Waals surface area contributed by atoms with Crippen LogP contribution in [0.2, 0.25) is 5.02 Å². The van der Waals surface area contributed by atoms with Crippen molar-refractivity contribution in [2.45, 2.75) is 13.0 Å². The number of anilines is 1. The molecule has 0 aliphatic carbocycles. The minimum absolute atomic E-state index is 0.0660. The van der Waals surface area contributed by atoms with E-state index in [9.17, 15) is 4.79 Å². The quantitative estimate of drug-likeness (QED) is 0.896. The summed E-state index contributed by atoms with van der Waals surface area (Å²) in [4.78, 5) is 12.1.